The topological polar surface area (TPSA) is 38.0 Å². The summed E-state index contributed by atoms with van der Waals surface area (Å²) in [6.45, 7) is 21.0. The van der Waals surface area contributed by atoms with Crippen molar-refractivity contribution < 1.29 is 0 Å². The fourth-order valence-electron chi connectivity index (χ4n) is 7.33. The molecule has 0 saturated carbocycles. The molecule has 0 aliphatic rings. The lowest BCUT2D eigenvalue weighted by molar-refractivity contribution is 0.591. The summed E-state index contributed by atoms with van der Waals surface area (Å²) in [5.41, 5.74) is 12.1. The van der Waals surface area contributed by atoms with Gasteiger partial charge in [0.15, 0.2) is 5.69 Å². The number of aromatic nitrogens is 2. The molecule has 0 fully saturated rings. The zero-order valence-corrected chi connectivity index (χ0v) is 29.3. The minimum Gasteiger partial charge on any atom is -0.309 e. The maximum atomic E-state index is 10.2. The first-order valence-electron chi connectivity index (χ1n) is 17.1. The first-order chi connectivity index (χ1) is 24.0. The second-order valence-electron chi connectivity index (χ2n) is 15.4. The summed E-state index contributed by atoms with van der Waals surface area (Å²) < 4.78 is 4.56. The third-order valence-electron chi connectivity index (χ3n) is 10.1. The molecule has 50 heavy (non-hydrogen) atoms. The van der Waals surface area contributed by atoms with Crippen LogP contribution in [0.2, 0.25) is 0 Å². The van der Waals surface area contributed by atoms with Crippen molar-refractivity contribution in [1.29, 1.82) is 5.26 Å². The monoisotopic (exact) mass is 646 g/mol. The lowest BCUT2D eigenvalue weighted by atomic mass is 9.86. The molecule has 4 nitrogen and oxygen atoms in total. The maximum absolute atomic E-state index is 10.2. The number of hydrogen-bond acceptors (Lipinski definition) is 1. The molecule has 4 heteroatoms. The molecule has 2 aromatic heterocycles. The highest BCUT2D eigenvalue weighted by Crippen LogP contribution is 2.41. The largest absolute Gasteiger partial charge is 0.309 e. The number of fused-ring (bicyclic) bond motifs is 6. The van der Waals surface area contributed by atoms with E-state index in [0.29, 0.717) is 11.3 Å². The summed E-state index contributed by atoms with van der Waals surface area (Å²) in [7, 11) is 0. The molecular formula is C46H38N4. The third kappa shape index (κ3) is 4.96. The van der Waals surface area contributed by atoms with Crippen molar-refractivity contribution in [3.8, 4) is 28.6 Å². The van der Waals surface area contributed by atoms with E-state index in [1.807, 2.05) is 6.07 Å². The van der Waals surface area contributed by atoms with E-state index in [2.05, 4.69) is 165 Å². The van der Waals surface area contributed by atoms with Crippen LogP contribution in [0.25, 0.3) is 71.0 Å². The molecule has 0 unspecified atom stereocenters. The number of para-hydroxylation sites is 1. The normalized spacial score (nSPS) is 12.2. The van der Waals surface area contributed by atoms with Crippen LogP contribution in [-0.4, -0.2) is 9.13 Å². The molecule has 0 aliphatic carbocycles. The van der Waals surface area contributed by atoms with Gasteiger partial charge in [0.05, 0.1) is 46.0 Å². The Morgan fingerprint density at radius 2 is 1.10 bits per heavy atom. The highest BCUT2D eigenvalue weighted by atomic mass is 15.0. The first-order valence-corrected chi connectivity index (χ1v) is 17.1. The van der Waals surface area contributed by atoms with Gasteiger partial charge in [-0.1, -0.05) is 96.1 Å². The molecule has 6 aromatic carbocycles. The summed E-state index contributed by atoms with van der Waals surface area (Å²) in [5, 5.41) is 14.9. The van der Waals surface area contributed by atoms with E-state index >= 15 is 0 Å². The Labute approximate surface area is 293 Å². The minimum absolute atomic E-state index is 0.0297. The van der Waals surface area contributed by atoms with E-state index in [-0.39, 0.29) is 10.8 Å². The molecular weight excluding hydrogens is 609 g/mol. The van der Waals surface area contributed by atoms with Crippen LogP contribution in [0.1, 0.15) is 58.2 Å². The fraction of sp³-hybridized carbons (Fsp3) is 0.174. The standard InChI is InChI=1S/C46H38N4/c1-45(2,3)32-15-20-41-38(26-32)36-18-13-30(25-44(36)49(41)35-11-9-8-10-12-35)29-14-19-42-37(24-29)39-27-33(46(4,5)6)16-21-43(39)50(42)40-22-17-34(48-7)23-31(40)28-47/h8-27H,1-6H3. The van der Waals surface area contributed by atoms with Gasteiger partial charge in [0.25, 0.3) is 0 Å². The van der Waals surface area contributed by atoms with E-state index < -0.39 is 0 Å². The second-order valence-corrected chi connectivity index (χ2v) is 15.4. The molecule has 242 valence electrons. The van der Waals surface area contributed by atoms with Gasteiger partial charge in [-0.15, -0.1) is 0 Å². The molecule has 0 bridgehead atoms. The van der Waals surface area contributed by atoms with Gasteiger partial charge in [-0.05, 0) is 99.8 Å². The number of nitriles is 1. The smallest absolute Gasteiger partial charge is 0.188 e. The van der Waals surface area contributed by atoms with Gasteiger partial charge < -0.3 is 9.13 Å². The fourth-order valence-corrected chi connectivity index (χ4v) is 7.33. The van der Waals surface area contributed by atoms with Crippen LogP contribution in [0.3, 0.4) is 0 Å². The Hall–Kier alpha value is -6.10. The van der Waals surface area contributed by atoms with Gasteiger partial charge in [-0.2, -0.15) is 5.26 Å². The zero-order valence-electron chi connectivity index (χ0n) is 29.3. The summed E-state index contributed by atoms with van der Waals surface area (Å²) in [6, 6.07) is 45.5. The van der Waals surface area contributed by atoms with Crippen molar-refractivity contribution in [2.24, 2.45) is 0 Å². The molecule has 0 aliphatic heterocycles. The Kier molecular flexibility index (Phi) is 7.00. The second kappa shape index (κ2) is 11.2. The molecule has 8 rings (SSSR count). The van der Waals surface area contributed by atoms with Crippen LogP contribution >= 0.6 is 0 Å². The van der Waals surface area contributed by atoms with Crippen molar-refractivity contribution in [1.82, 2.24) is 9.13 Å². The van der Waals surface area contributed by atoms with Crippen LogP contribution in [0, 0.1) is 17.9 Å². The quantitative estimate of drug-likeness (QED) is 0.176. The van der Waals surface area contributed by atoms with Crippen LogP contribution in [0.15, 0.2) is 121 Å². The maximum Gasteiger partial charge on any atom is 0.188 e. The van der Waals surface area contributed by atoms with Gasteiger partial charge in [0.1, 0.15) is 0 Å². The van der Waals surface area contributed by atoms with Gasteiger partial charge in [0, 0.05) is 27.2 Å². The number of nitrogens with zero attached hydrogens (tertiary/aromatic N) is 4. The van der Waals surface area contributed by atoms with Crippen LogP contribution in [0.5, 0.6) is 0 Å². The van der Waals surface area contributed by atoms with Crippen LogP contribution in [-0.2, 0) is 10.8 Å². The summed E-state index contributed by atoms with van der Waals surface area (Å²) in [5.74, 6) is 0. The van der Waals surface area contributed by atoms with Gasteiger partial charge in [0.2, 0.25) is 0 Å². The number of hydrogen-bond donors (Lipinski definition) is 0. The Balaban J connectivity index is 1.39. The average molecular weight is 647 g/mol. The summed E-state index contributed by atoms with van der Waals surface area (Å²) >= 11 is 0. The van der Waals surface area contributed by atoms with Crippen molar-refractivity contribution in [3.05, 3.63) is 149 Å². The van der Waals surface area contributed by atoms with E-state index in [1.54, 1.807) is 12.1 Å². The molecule has 0 atom stereocenters. The van der Waals surface area contributed by atoms with E-state index in [0.717, 1.165) is 44.3 Å². The first kappa shape index (κ1) is 31.2. The van der Waals surface area contributed by atoms with E-state index in [4.69, 9.17) is 6.57 Å². The minimum atomic E-state index is -0.0297. The van der Waals surface area contributed by atoms with Crippen molar-refractivity contribution in [2.45, 2.75) is 52.4 Å². The summed E-state index contributed by atoms with van der Waals surface area (Å²) in [6.07, 6.45) is 0. The van der Waals surface area contributed by atoms with Crippen molar-refractivity contribution >= 4 is 49.3 Å². The number of benzene rings is 6. The van der Waals surface area contributed by atoms with E-state index in [9.17, 15) is 5.26 Å². The van der Waals surface area contributed by atoms with Crippen molar-refractivity contribution in [3.63, 3.8) is 0 Å². The van der Waals surface area contributed by atoms with Crippen LogP contribution in [0.4, 0.5) is 5.69 Å². The van der Waals surface area contributed by atoms with Gasteiger partial charge in [-0.3, -0.25) is 0 Å². The predicted molar refractivity (Wildman–Crippen MR) is 209 cm³/mol. The van der Waals surface area contributed by atoms with Crippen LogP contribution < -0.4 is 0 Å². The molecule has 8 aromatic rings. The highest BCUT2D eigenvalue weighted by molar-refractivity contribution is 6.13. The molecule has 0 spiro atoms. The number of rotatable bonds is 3. The highest BCUT2D eigenvalue weighted by Gasteiger charge is 2.21. The molecule has 0 amide bonds. The van der Waals surface area contributed by atoms with E-state index in [1.165, 1.54) is 32.9 Å². The SMILES string of the molecule is [C-]#[N+]c1ccc(-n2c3ccc(-c4ccc5c6cc(C(C)(C)C)ccc6n(-c6ccccc6)c5c4)cc3c3cc(C(C)(C)C)ccc32)c(C#N)c1. The summed E-state index contributed by atoms with van der Waals surface area (Å²) in [4.78, 5) is 3.57. The van der Waals surface area contributed by atoms with Crippen molar-refractivity contribution in [2.75, 3.05) is 0 Å². The average Bonchev–Trinajstić information content (AvgIpc) is 3.62. The molecule has 0 N–H and O–H groups in total. The predicted octanol–water partition coefficient (Wildman–Crippen LogP) is 12.6. The van der Waals surface area contributed by atoms with Gasteiger partial charge >= 0.3 is 0 Å². The molecule has 0 saturated heterocycles. The Bertz CT molecular complexity index is 2730. The third-order valence-corrected chi connectivity index (χ3v) is 10.1. The van der Waals surface area contributed by atoms with Gasteiger partial charge in [-0.25, -0.2) is 4.85 Å². The lowest BCUT2D eigenvalue weighted by Crippen LogP contribution is -2.10. The Morgan fingerprint density at radius 3 is 1.72 bits per heavy atom. The lowest BCUT2D eigenvalue weighted by Gasteiger charge is -2.19. The zero-order chi connectivity index (χ0) is 34.9. The Morgan fingerprint density at radius 1 is 0.540 bits per heavy atom. The molecule has 0 radical (unpaired) electrons. The molecule has 2 heterocycles.